The fraction of sp³-hybridized carbons (Fsp3) is 0.167. The maximum atomic E-state index is 11.5. The summed E-state index contributed by atoms with van der Waals surface area (Å²) in [5, 5.41) is 4.19. The quantitative estimate of drug-likeness (QED) is 0.626. The van der Waals surface area contributed by atoms with Gasteiger partial charge in [0.1, 0.15) is 5.75 Å². The van der Waals surface area contributed by atoms with Gasteiger partial charge in [-0.15, -0.1) is 0 Å². The van der Waals surface area contributed by atoms with Crippen LogP contribution in [0.4, 0.5) is 0 Å². The number of nitrogens with zero attached hydrogens (tertiary/aromatic N) is 2. The molecule has 3 rings (SSSR count). The molecule has 0 aliphatic rings. The monoisotopic (exact) mass is 358 g/mol. The molecule has 0 amide bonds. The average molecular weight is 359 g/mol. The first-order chi connectivity index (χ1) is 12.2. The number of carbonyl (C=O) groups is 1. The Morgan fingerprint density at radius 3 is 2.72 bits per heavy atom. The number of hydrogen-bond acceptors (Lipinski definition) is 6. The molecule has 0 aliphatic heterocycles. The van der Waals surface area contributed by atoms with Gasteiger partial charge in [-0.3, -0.25) is 0 Å². The van der Waals surface area contributed by atoms with Crippen LogP contribution in [0.1, 0.15) is 27.6 Å². The van der Waals surface area contributed by atoms with E-state index in [9.17, 15) is 4.79 Å². The molecule has 0 unspecified atom stereocenters. The van der Waals surface area contributed by atoms with Crippen LogP contribution in [0, 0.1) is 0 Å². The summed E-state index contributed by atoms with van der Waals surface area (Å²) in [6, 6.07) is 14.5. The fourth-order valence-electron chi connectivity index (χ4n) is 2.20. The molecule has 1 heterocycles. The largest absolute Gasteiger partial charge is 0.484 e. The van der Waals surface area contributed by atoms with Gasteiger partial charge in [-0.2, -0.15) is 4.98 Å². The van der Waals surface area contributed by atoms with Crippen LogP contribution >= 0.6 is 11.6 Å². The van der Waals surface area contributed by atoms with E-state index in [1.165, 1.54) is 13.2 Å². The Morgan fingerprint density at radius 1 is 1.20 bits per heavy atom. The van der Waals surface area contributed by atoms with Gasteiger partial charge in [0.25, 0.3) is 0 Å². The van der Waals surface area contributed by atoms with Crippen LogP contribution in [0.25, 0.3) is 0 Å². The molecule has 0 bridgehead atoms. The maximum absolute atomic E-state index is 11.5. The third-order valence-electron chi connectivity index (χ3n) is 3.42. The van der Waals surface area contributed by atoms with Crippen molar-refractivity contribution in [2.24, 2.45) is 0 Å². The molecule has 3 aromatic rings. The van der Waals surface area contributed by atoms with E-state index in [0.29, 0.717) is 34.5 Å². The summed E-state index contributed by atoms with van der Waals surface area (Å²) in [5.41, 5.74) is 1.43. The first kappa shape index (κ1) is 17.0. The van der Waals surface area contributed by atoms with E-state index in [1.807, 2.05) is 30.3 Å². The standard InChI is InChI=1S/C18H15ClN2O4/c1-23-18(22)13-7-8-15(14(19)10-13)24-11-16-20-17(25-21-16)9-12-5-3-2-4-6-12/h2-8,10H,9,11H2,1H3. The van der Waals surface area contributed by atoms with Gasteiger partial charge in [0.2, 0.25) is 11.7 Å². The number of aromatic nitrogens is 2. The van der Waals surface area contributed by atoms with Crippen LogP contribution in [0.15, 0.2) is 53.1 Å². The van der Waals surface area contributed by atoms with E-state index >= 15 is 0 Å². The predicted octanol–water partition coefficient (Wildman–Crippen LogP) is 3.68. The van der Waals surface area contributed by atoms with Crippen molar-refractivity contribution in [3.8, 4) is 5.75 Å². The summed E-state index contributed by atoms with van der Waals surface area (Å²) in [4.78, 5) is 15.7. The van der Waals surface area contributed by atoms with Gasteiger partial charge in [-0.1, -0.05) is 47.1 Å². The smallest absolute Gasteiger partial charge is 0.337 e. The number of ether oxygens (including phenoxy) is 2. The summed E-state index contributed by atoms with van der Waals surface area (Å²) >= 11 is 6.11. The Bertz CT molecular complexity index is 865. The Hall–Kier alpha value is -2.86. The zero-order chi connectivity index (χ0) is 17.6. The summed E-state index contributed by atoms with van der Waals surface area (Å²) in [6.45, 7) is 0.107. The minimum absolute atomic E-state index is 0.107. The predicted molar refractivity (Wildman–Crippen MR) is 90.7 cm³/mol. The summed E-state index contributed by atoms with van der Waals surface area (Å²) in [7, 11) is 1.31. The lowest BCUT2D eigenvalue weighted by Gasteiger charge is -2.07. The maximum Gasteiger partial charge on any atom is 0.337 e. The van der Waals surface area contributed by atoms with Gasteiger partial charge in [-0.25, -0.2) is 4.79 Å². The Kier molecular flexibility index (Phi) is 5.30. The van der Waals surface area contributed by atoms with E-state index in [0.717, 1.165) is 5.56 Å². The number of methoxy groups -OCH3 is 1. The molecular weight excluding hydrogens is 344 g/mol. The van der Waals surface area contributed by atoms with Crippen molar-refractivity contribution in [2.45, 2.75) is 13.0 Å². The number of benzene rings is 2. The normalized spacial score (nSPS) is 10.5. The Morgan fingerprint density at radius 2 is 2.00 bits per heavy atom. The molecule has 25 heavy (non-hydrogen) atoms. The fourth-order valence-corrected chi connectivity index (χ4v) is 2.43. The summed E-state index contributed by atoms with van der Waals surface area (Å²) in [6.07, 6.45) is 0.558. The molecule has 6 nitrogen and oxygen atoms in total. The van der Waals surface area contributed by atoms with Crippen LogP contribution < -0.4 is 4.74 Å². The zero-order valence-electron chi connectivity index (χ0n) is 13.4. The number of carbonyl (C=O) groups excluding carboxylic acids is 1. The second-order valence-electron chi connectivity index (χ2n) is 5.19. The average Bonchev–Trinajstić information content (AvgIpc) is 3.08. The third kappa shape index (κ3) is 4.36. The number of halogens is 1. The molecule has 1 aromatic heterocycles. The van der Waals surface area contributed by atoms with Crippen molar-refractivity contribution in [1.29, 1.82) is 0 Å². The van der Waals surface area contributed by atoms with Gasteiger partial charge < -0.3 is 14.0 Å². The molecule has 0 saturated heterocycles. The molecule has 0 radical (unpaired) electrons. The minimum Gasteiger partial charge on any atom is -0.484 e. The van der Waals surface area contributed by atoms with E-state index in [2.05, 4.69) is 14.9 Å². The molecular formula is C18H15ClN2O4. The van der Waals surface area contributed by atoms with Crippen LogP contribution in [0.3, 0.4) is 0 Å². The molecule has 0 N–H and O–H groups in total. The van der Waals surface area contributed by atoms with Crippen LogP contribution in [0.2, 0.25) is 5.02 Å². The van der Waals surface area contributed by atoms with Gasteiger partial charge in [-0.05, 0) is 23.8 Å². The second kappa shape index (κ2) is 7.81. The Balaban J connectivity index is 1.61. The number of hydrogen-bond donors (Lipinski definition) is 0. The van der Waals surface area contributed by atoms with Crippen molar-refractivity contribution in [3.63, 3.8) is 0 Å². The molecule has 0 atom stereocenters. The van der Waals surface area contributed by atoms with E-state index in [1.54, 1.807) is 12.1 Å². The van der Waals surface area contributed by atoms with Crippen LogP contribution in [0.5, 0.6) is 5.75 Å². The molecule has 7 heteroatoms. The molecule has 0 spiro atoms. The van der Waals surface area contributed by atoms with Crippen LogP contribution in [-0.2, 0) is 17.8 Å². The highest BCUT2D eigenvalue weighted by Gasteiger charge is 2.12. The third-order valence-corrected chi connectivity index (χ3v) is 3.71. The van der Waals surface area contributed by atoms with Crippen molar-refractivity contribution < 1.29 is 18.8 Å². The lowest BCUT2D eigenvalue weighted by atomic mass is 10.1. The van der Waals surface area contributed by atoms with Crippen molar-refractivity contribution in [2.75, 3.05) is 7.11 Å². The number of rotatable bonds is 6. The van der Waals surface area contributed by atoms with Gasteiger partial charge in [0.15, 0.2) is 6.61 Å². The van der Waals surface area contributed by atoms with Crippen molar-refractivity contribution in [1.82, 2.24) is 10.1 Å². The van der Waals surface area contributed by atoms with E-state index < -0.39 is 5.97 Å². The molecule has 0 aliphatic carbocycles. The van der Waals surface area contributed by atoms with E-state index in [4.69, 9.17) is 20.9 Å². The van der Waals surface area contributed by atoms with Gasteiger partial charge in [0.05, 0.1) is 24.1 Å². The van der Waals surface area contributed by atoms with E-state index in [-0.39, 0.29) is 6.61 Å². The lowest BCUT2D eigenvalue weighted by Crippen LogP contribution is -2.02. The molecule has 0 fully saturated rings. The topological polar surface area (TPSA) is 74.5 Å². The SMILES string of the molecule is COC(=O)c1ccc(OCc2noc(Cc3ccccc3)n2)c(Cl)c1. The van der Waals surface area contributed by atoms with Crippen molar-refractivity contribution in [3.05, 3.63) is 76.4 Å². The highest BCUT2D eigenvalue weighted by atomic mass is 35.5. The number of esters is 1. The first-order valence-corrected chi connectivity index (χ1v) is 7.89. The summed E-state index contributed by atoms with van der Waals surface area (Å²) in [5.74, 6) is 0.886. The second-order valence-corrected chi connectivity index (χ2v) is 5.60. The minimum atomic E-state index is -0.461. The van der Waals surface area contributed by atoms with Crippen LogP contribution in [-0.4, -0.2) is 23.2 Å². The van der Waals surface area contributed by atoms with Gasteiger partial charge >= 0.3 is 5.97 Å². The van der Waals surface area contributed by atoms with Crippen molar-refractivity contribution >= 4 is 17.6 Å². The highest BCUT2D eigenvalue weighted by Crippen LogP contribution is 2.26. The Labute approximate surface area is 149 Å². The zero-order valence-corrected chi connectivity index (χ0v) is 14.2. The molecule has 2 aromatic carbocycles. The summed E-state index contributed by atoms with van der Waals surface area (Å²) < 4.78 is 15.4. The molecule has 0 saturated carbocycles. The van der Waals surface area contributed by atoms with Gasteiger partial charge in [0, 0.05) is 0 Å². The lowest BCUT2D eigenvalue weighted by molar-refractivity contribution is 0.0600. The highest BCUT2D eigenvalue weighted by molar-refractivity contribution is 6.32. The molecule has 128 valence electrons. The first-order valence-electron chi connectivity index (χ1n) is 7.52.